The van der Waals surface area contributed by atoms with E-state index < -0.39 is 6.04 Å². The van der Waals surface area contributed by atoms with Gasteiger partial charge in [-0.15, -0.1) is 0 Å². The number of nitrogens with one attached hydrogen (secondary N) is 1. The van der Waals surface area contributed by atoms with Gasteiger partial charge in [0.25, 0.3) is 0 Å². The Labute approximate surface area is 172 Å². The molecule has 1 atom stereocenters. The van der Waals surface area contributed by atoms with Gasteiger partial charge in [-0.2, -0.15) is 10.1 Å². The highest BCUT2D eigenvalue weighted by atomic mass is 16.5. The Morgan fingerprint density at radius 2 is 1.97 bits per heavy atom. The fourth-order valence-corrected chi connectivity index (χ4v) is 3.58. The molecule has 1 aromatic heterocycles. The Morgan fingerprint density at radius 1 is 1.17 bits per heavy atom. The molecule has 1 aromatic carbocycles. The third-order valence-electron chi connectivity index (χ3n) is 5.01. The van der Waals surface area contributed by atoms with Crippen molar-refractivity contribution in [2.45, 2.75) is 58.9 Å². The summed E-state index contributed by atoms with van der Waals surface area (Å²) < 4.78 is 13.2. The van der Waals surface area contributed by atoms with Gasteiger partial charge in [0.1, 0.15) is 18.1 Å². The summed E-state index contributed by atoms with van der Waals surface area (Å²) in [5.74, 6) is 0.985. The fourth-order valence-electron chi connectivity index (χ4n) is 3.58. The molecule has 1 N–H and O–H groups in total. The first kappa shape index (κ1) is 20.9. The van der Waals surface area contributed by atoms with Crippen LogP contribution in [0.3, 0.4) is 0 Å². The van der Waals surface area contributed by atoms with Crippen LogP contribution in [0.2, 0.25) is 0 Å². The number of nitrogens with zero attached hydrogens (tertiary/aromatic N) is 3. The summed E-state index contributed by atoms with van der Waals surface area (Å²) in [6, 6.07) is 7.26. The van der Waals surface area contributed by atoms with Gasteiger partial charge in [-0.3, -0.25) is 0 Å². The lowest BCUT2D eigenvalue weighted by Crippen LogP contribution is -2.30. The molecule has 0 bridgehead atoms. The summed E-state index contributed by atoms with van der Waals surface area (Å²) in [5, 5.41) is 7.53. The molecule has 0 radical (unpaired) electrons. The molecule has 156 valence electrons. The zero-order valence-corrected chi connectivity index (χ0v) is 17.5. The summed E-state index contributed by atoms with van der Waals surface area (Å²) in [6.45, 7) is 6.95. The number of unbranched alkanes of at least 4 members (excludes halogenated alkanes) is 4. The molecule has 0 saturated carbocycles. The van der Waals surface area contributed by atoms with Crippen molar-refractivity contribution in [3.05, 3.63) is 47.4 Å². The second-order valence-corrected chi connectivity index (χ2v) is 7.12. The van der Waals surface area contributed by atoms with E-state index in [1.54, 1.807) is 4.68 Å². The minimum atomic E-state index is -0.455. The number of rotatable bonds is 10. The number of para-hydroxylation sites is 1. The number of hydrogen-bond acceptors (Lipinski definition) is 6. The van der Waals surface area contributed by atoms with Gasteiger partial charge in [-0.25, -0.2) is 9.48 Å². The summed E-state index contributed by atoms with van der Waals surface area (Å²) in [6.07, 6.45) is 7.01. The predicted octanol–water partition coefficient (Wildman–Crippen LogP) is 4.48. The Bertz CT molecular complexity index is 859. The first-order valence-electron chi connectivity index (χ1n) is 10.4. The number of aromatic nitrogens is 3. The highest BCUT2D eigenvalue weighted by Crippen LogP contribution is 2.39. The maximum Gasteiger partial charge on any atom is 0.338 e. The van der Waals surface area contributed by atoms with Gasteiger partial charge in [0.2, 0.25) is 5.95 Å². The number of fused-ring (bicyclic) bond motifs is 1. The van der Waals surface area contributed by atoms with Crippen molar-refractivity contribution >= 4 is 11.9 Å². The number of carbonyl (C=O) groups excluding carboxylic acids is 1. The van der Waals surface area contributed by atoms with Crippen molar-refractivity contribution in [3.8, 4) is 5.75 Å². The topological polar surface area (TPSA) is 78.3 Å². The molecule has 0 aliphatic carbocycles. The average molecular weight is 399 g/mol. The average Bonchev–Trinajstić information content (AvgIpc) is 3.18. The minimum absolute atomic E-state index is 0.331. The molecule has 7 nitrogen and oxygen atoms in total. The highest BCUT2D eigenvalue weighted by molar-refractivity contribution is 5.92. The van der Waals surface area contributed by atoms with E-state index >= 15 is 0 Å². The highest BCUT2D eigenvalue weighted by Gasteiger charge is 2.35. The molecule has 0 fully saturated rings. The van der Waals surface area contributed by atoms with Crippen LogP contribution in [0.15, 0.2) is 41.9 Å². The molecule has 1 aliphatic rings. The second kappa shape index (κ2) is 10.1. The summed E-state index contributed by atoms with van der Waals surface area (Å²) in [5.41, 5.74) is 2.11. The molecule has 3 rings (SSSR count). The molecule has 1 aliphatic heterocycles. The predicted molar refractivity (Wildman–Crippen MR) is 112 cm³/mol. The van der Waals surface area contributed by atoms with Crippen LogP contribution in [0.1, 0.15) is 64.5 Å². The summed E-state index contributed by atoms with van der Waals surface area (Å²) in [4.78, 5) is 17.3. The lowest BCUT2D eigenvalue weighted by atomic mass is 9.95. The Hall–Kier alpha value is -2.83. The SMILES string of the molecule is CCCCCCCOC(=O)C1=C(C)Nc2ncnn2[C@@H]1c1ccccc1OCC. The molecule has 0 spiro atoms. The molecule has 2 aromatic rings. The van der Waals surface area contributed by atoms with Crippen LogP contribution in [0.4, 0.5) is 5.95 Å². The van der Waals surface area contributed by atoms with E-state index in [4.69, 9.17) is 9.47 Å². The Balaban J connectivity index is 1.85. The molecular weight excluding hydrogens is 368 g/mol. The standard InChI is InChI=1S/C22H30N4O3/c1-4-6-7-8-11-14-29-21(27)19-16(3)25-22-23-15-24-26(22)20(19)17-12-9-10-13-18(17)28-5-2/h9-10,12-13,15,20H,4-8,11,14H2,1-3H3,(H,23,24,25)/t20-/m1/s1. The lowest BCUT2D eigenvalue weighted by molar-refractivity contribution is -0.139. The zero-order chi connectivity index (χ0) is 20.6. The van der Waals surface area contributed by atoms with E-state index in [-0.39, 0.29) is 5.97 Å². The fraction of sp³-hybridized carbons (Fsp3) is 0.500. The van der Waals surface area contributed by atoms with Crippen LogP contribution in [-0.4, -0.2) is 33.9 Å². The number of hydrogen-bond donors (Lipinski definition) is 1. The van der Waals surface area contributed by atoms with Crippen molar-refractivity contribution in [1.82, 2.24) is 14.8 Å². The molecule has 29 heavy (non-hydrogen) atoms. The van der Waals surface area contributed by atoms with Crippen molar-refractivity contribution in [1.29, 1.82) is 0 Å². The van der Waals surface area contributed by atoms with Crippen LogP contribution in [-0.2, 0) is 9.53 Å². The van der Waals surface area contributed by atoms with Crippen LogP contribution < -0.4 is 10.1 Å². The maximum absolute atomic E-state index is 13.1. The van der Waals surface area contributed by atoms with E-state index in [1.807, 2.05) is 38.1 Å². The first-order valence-corrected chi connectivity index (χ1v) is 10.4. The van der Waals surface area contributed by atoms with Crippen molar-refractivity contribution in [2.24, 2.45) is 0 Å². The van der Waals surface area contributed by atoms with Gasteiger partial charge >= 0.3 is 5.97 Å². The largest absolute Gasteiger partial charge is 0.494 e. The van der Waals surface area contributed by atoms with Crippen molar-refractivity contribution in [2.75, 3.05) is 18.5 Å². The van der Waals surface area contributed by atoms with E-state index in [9.17, 15) is 4.79 Å². The van der Waals surface area contributed by atoms with Crippen LogP contribution in [0.5, 0.6) is 5.75 Å². The molecular formula is C22H30N4O3. The van der Waals surface area contributed by atoms with Gasteiger partial charge in [-0.05, 0) is 26.3 Å². The van der Waals surface area contributed by atoms with Crippen LogP contribution >= 0.6 is 0 Å². The number of anilines is 1. The molecule has 7 heteroatoms. The lowest BCUT2D eigenvalue weighted by Gasteiger charge is -2.29. The van der Waals surface area contributed by atoms with Gasteiger partial charge < -0.3 is 14.8 Å². The number of ether oxygens (including phenoxy) is 2. The van der Waals surface area contributed by atoms with E-state index in [2.05, 4.69) is 22.3 Å². The molecule has 0 amide bonds. The molecule has 0 saturated heterocycles. The Kier molecular flexibility index (Phi) is 7.27. The second-order valence-electron chi connectivity index (χ2n) is 7.12. The number of allylic oxidation sites excluding steroid dienone is 1. The molecule has 0 unspecified atom stereocenters. The van der Waals surface area contributed by atoms with Crippen LogP contribution in [0.25, 0.3) is 0 Å². The number of carbonyl (C=O) groups is 1. The van der Waals surface area contributed by atoms with E-state index in [0.29, 0.717) is 24.7 Å². The summed E-state index contributed by atoms with van der Waals surface area (Å²) >= 11 is 0. The van der Waals surface area contributed by atoms with Gasteiger partial charge in [0.15, 0.2) is 0 Å². The van der Waals surface area contributed by atoms with Crippen molar-refractivity contribution < 1.29 is 14.3 Å². The maximum atomic E-state index is 13.1. The number of esters is 1. The Morgan fingerprint density at radius 3 is 2.76 bits per heavy atom. The van der Waals surface area contributed by atoms with Gasteiger partial charge in [-0.1, -0.05) is 50.8 Å². The van der Waals surface area contributed by atoms with Gasteiger partial charge in [0.05, 0.1) is 18.8 Å². The zero-order valence-electron chi connectivity index (χ0n) is 17.5. The third kappa shape index (κ3) is 4.78. The van der Waals surface area contributed by atoms with Crippen molar-refractivity contribution in [3.63, 3.8) is 0 Å². The van der Waals surface area contributed by atoms with Gasteiger partial charge in [0, 0.05) is 11.3 Å². The smallest absolute Gasteiger partial charge is 0.338 e. The van der Waals surface area contributed by atoms with Crippen LogP contribution in [0, 0.1) is 0 Å². The monoisotopic (exact) mass is 398 g/mol. The third-order valence-corrected chi connectivity index (χ3v) is 5.01. The summed E-state index contributed by atoms with van der Waals surface area (Å²) in [7, 11) is 0. The van der Waals surface area contributed by atoms with E-state index in [1.165, 1.54) is 25.6 Å². The minimum Gasteiger partial charge on any atom is -0.494 e. The number of benzene rings is 1. The van der Waals surface area contributed by atoms with E-state index in [0.717, 1.165) is 29.9 Å². The molecule has 2 heterocycles. The first-order chi connectivity index (χ1) is 14.2. The normalized spacial score (nSPS) is 15.6. The quantitative estimate of drug-likeness (QED) is 0.470.